The van der Waals surface area contributed by atoms with Crippen LogP contribution in [-0.4, -0.2) is 80.6 Å². The van der Waals surface area contributed by atoms with Crippen LogP contribution in [0.25, 0.3) is 11.4 Å². The standard InChI is InChI=1S/C19H27N5O2.C4H8O.C3H7NO/c1-13-17(20)22-18(23-19(13)24-8-3-4-9-24)14-6-5-7-16(10-14)26-12-15(25)11-21-2;1-2-4-5-3-1;1-3(5)4-2/h5-7,10,15,21,25H,3-4,8-9,11-12H2,1-2H3,(H2,20,22,23);1-4H2;1-2H3,(H,4,5). The fourth-order valence-corrected chi connectivity index (χ4v) is 3.61. The second kappa shape index (κ2) is 15.9. The molecule has 1 amide bonds. The molecule has 1 aromatic carbocycles. The normalized spacial score (nSPS) is 15.3. The van der Waals surface area contributed by atoms with Crippen molar-refractivity contribution in [2.45, 2.75) is 45.6 Å². The highest BCUT2D eigenvalue weighted by molar-refractivity contribution is 5.72. The first-order valence-corrected chi connectivity index (χ1v) is 12.6. The van der Waals surface area contributed by atoms with Crippen molar-refractivity contribution in [3.63, 3.8) is 0 Å². The van der Waals surface area contributed by atoms with Crippen LogP contribution in [0.5, 0.6) is 5.75 Å². The van der Waals surface area contributed by atoms with Gasteiger partial charge in [0.25, 0.3) is 0 Å². The highest BCUT2D eigenvalue weighted by atomic mass is 16.5. The number of aromatic nitrogens is 2. The molecule has 0 saturated carbocycles. The van der Waals surface area contributed by atoms with E-state index in [4.69, 9.17) is 20.2 Å². The predicted molar refractivity (Wildman–Crippen MR) is 143 cm³/mol. The first-order valence-electron chi connectivity index (χ1n) is 12.6. The summed E-state index contributed by atoms with van der Waals surface area (Å²) in [5.74, 6) is 2.69. The van der Waals surface area contributed by atoms with Gasteiger partial charge in [0.05, 0.1) is 0 Å². The van der Waals surface area contributed by atoms with Crippen molar-refractivity contribution in [3.8, 4) is 17.1 Å². The van der Waals surface area contributed by atoms with Gasteiger partial charge in [-0.1, -0.05) is 12.1 Å². The van der Waals surface area contributed by atoms with E-state index in [1.165, 1.54) is 32.6 Å². The number of hydrogen-bond acceptors (Lipinski definition) is 9. The third-order valence-electron chi connectivity index (χ3n) is 5.72. The van der Waals surface area contributed by atoms with E-state index in [-0.39, 0.29) is 12.5 Å². The van der Waals surface area contributed by atoms with Crippen molar-refractivity contribution < 1.29 is 19.4 Å². The maximum atomic E-state index is 9.79. The molecule has 1 aromatic heterocycles. The number of nitrogens with one attached hydrogen (secondary N) is 2. The highest BCUT2D eigenvalue weighted by Crippen LogP contribution is 2.29. The number of rotatable bonds is 7. The van der Waals surface area contributed by atoms with Crippen LogP contribution in [0.4, 0.5) is 11.6 Å². The van der Waals surface area contributed by atoms with Crippen molar-refractivity contribution in [1.29, 1.82) is 0 Å². The molecule has 5 N–H and O–H groups in total. The first kappa shape index (κ1) is 29.3. The predicted octanol–water partition coefficient (Wildman–Crippen LogP) is 2.14. The van der Waals surface area contributed by atoms with E-state index < -0.39 is 6.10 Å². The molecule has 1 atom stereocenters. The molecule has 2 aliphatic heterocycles. The number of nitrogen functional groups attached to an aromatic ring is 1. The third-order valence-corrected chi connectivity index (χ3v) is 5.72. The highest BCUT2D eigenvalue weighted by Gasteiger charge is 2.19. The van der Waals surface area contributed by atoms with Gasteiger partial charge < -0.3 is 35.8 Å². The lowest BCUT2D eigenvalue weighted by Crippen LogP contribution is -2.29. The number of hydrogen-bond donors (Lipinski definition) is 4. The minimum Gasteiger partial charge on any atom is -0.491 e. The second-order valence-electron chi connectivity index (χ2n) is 8.75. The van der Waals surface area contributed by atoms with Crippen LogP contribution in [0, 0.1) is 6.92 Å². The number of nitrogens with zero attached hydrogens (tertiary/aromatic N) is 3. The van der Waals surface area contributed by atoms with Gasteiger partial charge in [-0.15, -0.1) is 0 Å². The molecule has 10 heteroatoms. The Morgan fingerprint density at radius 2 is 1.86 bits per heavy atom. The number of ether oxygens (including phenoxy) is 2. The van der Waals surface area contributed by atoms with Gasteiger partial charge in [0, 0.05) is 57.9 Å². The monoisotopic (exact) mass is 502 g/mol. The summed E-state index contributed by atoms with van der Waals surface area (Å²) in [6.45, 7) is 8.15. The fourth-order valence-electron chi connectivity index (χ4n) is 3.61. The Balaban J connectivity index is 0.000000381. The smallest absolute Gasteiger partial charge is 0.216 e. The number of aliphatic hydroxyl groups excluding tert-OH is 1. The molecule has 0 bridgehead atoms. The first-order chi connectivity index (χ1) is 17.3. The second-order valence-corrected chi connectivity index (χ2v) is 8.75. The van der Waals surface area contributed by atoms with Crippen LogP contribution in [0.1, 0.15) is 38.2 Å². The zero-order valence-electron chi connectivity index (χ0n) is 22.0. The molecular weight excluding hydrogens is 460 g/mol. The molecule has 2 saturated heterocycles. The summed E-state index contributed by atoms with van der Waals surface area (Å²) in [5, 5.41) is 15.1. The summed E-state index contributed by atoms with van der Waals surface area (Å²) in [7, 11) is 3.39. The lowest BCUT2D eigenvalue weighted by molar-refractivity contribution is -0.118. The topological polar surface area (TPSA) is 135 Å². The Bertz CT molecular complexity index is 925. The summed E-state index contributed by atoms with van der Waals surface area (Å²) in [6, 6.07) is 7.57. The number of amides is 1. The van der Waals surface area contributed by atoms with E-state index in [1.54, 1.807) is 14.1 Å². The van der Waals surface area contributed by atoms with Crippen LogP contribution in [0.2, 0.25) is 0 Å². The Morgan fingerprint density at radius 3 is 2.42 bits per heavy atom. The molecule has 0 spiro atoms. The van der Waals surface area contributed by atoms with Gasteiger partial charge in [0.2, 0.25) is 5.91 Å². The van der Waals surface area contributed by atoms with Gasteiger partial charge in [0.1, 0.15) is 30.1 Å². The van der Waals surface area contributed by atoms with Crippen LogP contribution in [-0.2, 0) is 9.53 Å². The fraction of sp³-hybridized carbons (Fsp3) is 0.577. The van der Waals surface area contributed by atoms with Gasteiger partial charge in [-0.25, -0.2) is 9.97 Å². The number of anilines is 2. The maximum Gasteiger partial charge on any atom is 0.216 e. The molecule has 0 aliphatic carbocycles. The third kappa shape index (κ3) is 9.96. The number of carbonyl (C=O) groups excluding carboxylic acids is 1. The van der Waals surface area contributed by atoms with Crippen LogP contribution >= 0.6 is 0 Å². The SMILES string of the molecule is C1CCOC1.CNC(C)=O.CNCC(O)COc1cccc(-c2nc(N)c(C)c(N3CCCC3)n2)c1. The summed E-state index contributed by atoms with van der Waals surface area (Å²) >= 11 is 0. The number of likely N-dealkylation sites (N-methyl/N-ethyl adjacent to an activating group) is 1. The number of benzene rings is 1. The Kier molecular flexibility index (Phi) is 13.0. The average molecular weight is 503 g/mol. The van der Waals surface area contributed by atoms with Crippen molar-refractivity contribution in [2.75, 3.05) is 64.2 Å². The molecule has 10 nitrogen and oxygen atoms in total. The Hall–Kier alpha value is -2.95. The van der Waals surface area contributed by atoms with Crippen LogP contribution < -0.4 is 26.0 Å². The van der Waals surface area contributed by atoms with Gasteiger partial charge in [0.15, 0.2) is 5.82 Å². The average Bonchev–Trinajstić information content (AvgIpc) is 3.62. The maximum absolute atomic E-state index is 9.79. The van der Waals surface area contributed by atoms with Crippen LogP contribution in [0.3, 0.4) is 0 Å². The molecule has 0 radical (unpaired) electrons. The van der Waals surface area contributed by atoms with Gasteiger partial charge in [-0.2, -0.15) is 0 Å². The zero-order chi connectivity index (χ0) is 26.3. The lowest BCUT2D eigenvalue weighted by atomic mass is 10.2. The van der Waals surface area contributed by atoms with Crippen molar-refractivity contribution in [2.24, 2.45) is 0 Å². The van der Waals surface area contributed by atoms with Crippen molar-refractivity contribution in [3.05, 3.63) is 29.8 Å². The summed E-state index contributed by atoms with van der Waals surface area (Å²) < 4.78 is 10.6. The molecular formula is C26H42N6O4. The molecule has 2 aliphatic rings. The lowest BCUT2D eigenvalue weighted by Gasteiger charge is -2.20. The molecule has 3 heterocycles. The molecule has 1 unspecified atom stereocenters. The van der Waals surface area contributed by atoms with Gasteiger partial charge >= 0.3 is 0 Å². The van der Waals surface area contributed by atoms with Gasteiger partial charge in [-0.05, 0) is 51.8 Å². The summed E-state index contributed by atoms with van der Waals surface area (Å²) in [4.78, 5) is 21.2. The molecule has 2 fully saturated rings. The summed E-state index contributed by atoms with van der Waals surface area (Å²) in [5.41, 5.74) is 7.92. The number of nitrogens with two attached hydrogens (primary N) is 1. The minimum absolute atomic E-state index is 0.00463. The van der Waals surface area contributed by atoms with E-state index >= 15 is 0 Å². The summed E-state index contributed by atoms with van der Waals surface area (Å²) in [6.07, 6.45) is 4.35. The Labute approximate surface area is 214 Å². The van der Waals surface area contributed by atoms with E-state index in [0.717, 1.165) is 43.2 Å². The zero-order valence-corrected chi connectivity index (χ0v) is 22.0. The van der Waals surface area contributed by atoms with E-state index in [9.17, 15) is 9.90 Å². The van der Waals surface area contributed by atoms with E-state index in [2.05, 4.69) is 20.5 Å². The Morgan fingerprint density at radius 1 is 1.19 bits per heavy atom. The van der Waals surface area contributed by atoms with Gasteiger partial charge in [-0.3, -0.25) is 4.79 Å². The molecule has 36 heavy (non-hydrogen) atoms. The largest absolute Gasteiger partial charge is 0.491 e. The number of aliphatic hydroxyl groups is 1. The minimum atomic E-state index is -0.559. The molecule has 4 rings (SSSR count). The van der Waals surface area contributed by atoms with E-state index in [1.807, 2.05) is 31.2 Å². The number of carbonyl (C=O) groups is 1. The molecule has 2 aromatic rings. The quantitative estimate of drug-likeness (QED) is 0.449. The molecule has 200 valence electrons. The van der Waals surface area contributed by atoms with E-state index in [0.29, 0.717) is 23.9 Å². The van der Waals surface area contributed by atoms with Crippen LogP contribution in [0.15, 0.2) is 24.3 Å². The van der Waals surface area contributed by atoms with Crippen molar-refractivity contribution in [1.82, 2.24) is 20.6 Å². The van der Waals surface area contributed by atoms with Crippen molar-refractivity contribution >= 4 is 17.5 Å².